The predicted octanol–water partition coefficient (Wildman–Crippen LogP) is 1.37. The lowest BCUT2D eigenvalue weighted by Gasteiger charge is -2.14. The van der Waals surface area contributed by atoms with Gasteiger partial charge in [-0.1, -0.05) is 30.3 Å². The molecule has 4 heteroatoms. The minimum atomic E-state index is -0.587. The molecule has 98 valence electrons. The van der Waals surface area contributed by atoms with Crippen LogP contribution in [0.25, 0.3) is 0 Å². The maximum absolute atomic E-state index is 11.8. The smallest absolute Gasteiger partial charge is 0.241 e. The molecule has 18 heavy (non-hydrogen) atoms. The van der Waals surface area contributed by atoms with Crippen LogP contribution in [-0.2, 0) is 9.53 Å². The van der Waals surface area contributed by atoms with Crippen LogP contribution in [0.15, 0.2) is 30.3 Å². The number of nitrogens with one attached hydrogen (secondary N) is 1. The quantitative estimate of drug-likeness (QED) is 0.827. The largest absolute Gasteiger partial charge is 0.378 e. The molecule has 1 aromatic carbocycles. The number of hydrogen-bond acceptors (Lipinski definition) is 3. The van der Waals surface area contributed by atoms with Crippen molar-refractivity contribution in [1.82, 2.24) is 5.32 Å². The van der Waals surface area contributed by atoms with Gasteiger partial charge in [-0.25, -0.2) is 0 Å². The van der Waals surface area contributed by atoms with Crippen LogP contribution in [0.1, 0.15) is 30.9 Å². The summed E-state index contributed by atoms with van der Waals surface area (Å²) in [6.07, 6.45) is 3.40. The fourth-order valence-corrected chi connectivity index (χ4v) is 2.15. The van der Waals surface area contributed by atoms with Gasteiger partial charge < -0.3 is 15.8 Å². The van der Waals surface area contributed by atoms with Crippen molar-refractivity contribution in [3.05, 3.63) is 35.9 Å². The highest BCUT2D eigenvalue weighted by atomic mass is 16.5. The van der Waals surface area contributed by atoms with Crippen LogP contribution in [0.5, 0.6) is 0 Å². The van der Waals surface area contributed by atoms with E-state index in [2.05, 4.69) is 5.32 Å². The van der Waals surface area contributed by atoms with E-state index >= 15 is 0 Å². The Labute approximate surface area is 108 Å². The molecule has 1 aliphatic heterocycles. The number of benzene rings is 1. The molecule has 0 radical (unpaired) electrons. The summed E-state index contributed by atoms with van der Waals surface area (Å²) in [7, 11) is 0. The highest BCUT2D eigenvalue weighted by Gasteiger charge is 2.17. The van der Waals surface area contributed by atoms with Crippen LogP contribution < -0.4 is 11.1 Å². The van der Waals surface area contributed by atoms with E-state index in [0.717, 1.165) is 31.4 Å². The van der Waals surface area contributed by atoms with Crippen molar-refractivity contribution in [2.75, 3.05) is 13.2 Å². The third-order valence-electron chi connectivity index (χ3n) is 3.23. The average molecular weight is 248 g/mol. The van der Waals surface area contributed by atoms with Gasteiger partial charge in [0, 0.05) is 13.2 Å². The topological polar surface area (TPSA) is 64.4 Å². The molecule has 1 aromatic rings. The second-order valence-electron chi connectivity index (χ2n) is 4.60. The molecule has 2 atom stereocenters. The zero-order valence-corrected chi connectivity index (χ0v) is 10.5. The minimum absolute atomic E-state index is 0.126. The molecule has 1 aliphatic rings. The third-order valence-corrected chi connectivity index (χ3v) is 3.23. The van der Waals surface area contributed by atoms with Crippen LogP contribution >= 0.6 is 0 Å². The van der Waals surface area contributed by atoms with Gasteiger partial charge in [-0.3, -0.25) is 4.79 Å². The van der Waals surface area contributed by atoms with E-state index in [4.69, 9.17) is 10.5 Å². The Kier molecular flexibility index (Phi) is 4.73. The lowest BCUT2D eigenvalue weighted by Crippen LogP contribution is -2.35. The Morgan fingerprint density at radius 3 is 2.89 bits per heavy atom. The van der Waals surface area contributed by atoms with E-state index in [1.54, 1.807) is 0 Å². The molecule has 3 N–H and O–H groups in total. The molecule has 4 nitrogen and oxygen atoms in total. The van der Waals surface area contributed by atoms with Crippen LogP contribution in [0, 0.1) is 0 Å². The van der Waals surface area contributed by atoms with Gasteiger partial charge in [0.1, 0.15) is 6.04 Å². The maximum atomic E-state index is 11.8. The van der Waals surface area contributed by atoms with Gasteiger partial charge in [0.15, 0.2) is 0 Å². The number of rotatable bonds is 5. The molecule has 1 heterocycles. The molecular formula is C14H20N2O2. The second-order valence-corrected chi connectivity index (χ2v) is 4.60. The fraction of sp³-hybridized carbons (Fsp3) is 0.500. The lowest BCUT2D eigenvalue weighted by molar-refractivity contribution is -0.122. The Morgan fingerprint density at radius 1 is 1.44 bits per heavy atom. The Hall–Kier alpha value is -1.39. The SMILES string of the molecule is N[C@H](C(=O)NCCC1CCCO1)c1ccccc1. The van der Waals surface area contributed by atoms with Crippen LogP contribution in [0.3, 0.4) is 0 Å². The molecule has 1 fully saturated rings. The first-order valence-corrected chi connectivity index (χ1v) is 6.47. The summed E-state index contributed by atoms with van der Waals surface area (Å²) in [5.41, 5.74) is 6.73. The number of nitrogens with two attached hydrogens (primary N) is 1. The van der Waals surface area contributed by atoms with Gasteiger partial charge in [-0.2, -0.15) is 0 Å². The molecule has 0 saturated carbocycles. The Balaban J connectivity index is 1.74. The van der Waals surface area contributed by atoms with E-state index in [9.17, 15) is 4.79 Å². The predicted molar refractivity (Wildman–Crippen MR) is 70.0 cm³/mol. The molecule has 1 saturated heterocycles. The first kappa shape index (κ1) is 13.1. The van der Waals surface area contributed by atoms with E-state index in [0.29, 0.717) is 12.6 Å². The summed E-state index contributed by atoms with van der Waals surface area (Å²) in [6, 6.07) is 8.82. The average Bonchev–Trinajstić information content (AvgIpc) is 2.92. The molecule has 0 spiro atoms. The number of ether oxygens (including phenoxy) is 1. The minimum Gasteiger partial charge on any atom is -0.378 e. The van der Waals surface area contributed by atoms with Gasteiger partial charge in [-0.05, 0) is 24.8 Å². The van der Waals surface area contributed by atoms with E-state index in [1.165, 1.54) is 0 Å². The maximum Gasteiger partial charge on any atom is 0.241 e. The Bertz CT molecular complexity index is 375. The normalized spacial score (nSPS) is 20.6. The van der Waals surface area contributed by atoms with Gasteiger partial charge >= 0.3 is 0 Å². The van der Waals surface area contributed by atoms with Crippen molar-refractivity contribution in [2.24, 2.45) is 5.73 Å². The van der Waals surface area contributed by atoms with Crippen molar-refractivity contribution in [1.29, 1.82) is 0 Å². The van der Waals surface area contributed by atoms with Crippen molar-refractivity contribution in [3.63, 3.8) is 0 Å². The molecule has 0 aliphatic carbocycles. The van der Waals surface area contributed by atoms with Crippen molar-refractivity contribution >= 4 is 5.91 Å². The summed E-state index contributed by atoms with van der Waals surface area (Å²) in [5, 5.41) is 2.86. The van der Waals surface area contributed by atoms with E-state index < -0.39 is 6.04 Å². The highest BCUT2D eigenvalue weighted by Crippen LogP contribution is 2.14. The van der Waals surface area contributed by atoms with Gasteiger partial charge in [-0.15, -0.1) is 0 Å². The molecule has 0 bridgehead atoms. The number of carbonyl (C=O) groups excluding carboxylic acids is 1. The summed E-state index contributed by atoms with van der Waals surface area (Å²) in [6.45, 7) is 1.48. The monoisotopic (exact) mass is 248 g/mol. The van der Waals surface area contributed by atoms with Gasteiger partial charge in [0.2, 0.25) is 5.91 Å². The van der Waals surface area contributed by atoms with Crippen LogP contribution in [-0.4, -0.2) is 25.2 Å². The fourth-order valence-electron chi connectivity index (χ4n) is 2.15. The molecule has 1 amide bonds. The van der Waals surface area contributed by atoms with Gasteiger partial charge in [0.25, 0.3) is 0 Å². The third kappa shape index (κ3) is 3.55. The first-order valence-electron chi connectivity index (χ1n) is 6.47. The molecule has 0 aromatic heterocycles. The van der Waals surface area contributed by atoms with Crippen molar-refractivity contribution < 1.29 is 9.53 Å². The molecule has 2 rings (SSSR count). The number of hydrogen-bond donors (Lipinski definition) is 2. The first-order chi connectivity index (χ1) is 8.77. The van der Waals surface area contributed by atoms with Crippen LogP contribution in [0.4, 0.5) is 0 Å². The lowest BCUT2D eigenvalue weighted by atomic mass is 10.1. The number of amides is 1. The zero-order chi connectivity index (χ0) is 12.8. The van der Waals surface area contributed by atoms with E-state index in [-0.39, 0.29) is 5.91 Å². The van der Waals surface area contributed by atoms with Crippen molar-refractivity contribution in [2.45, 2.75) is 31.4 Å². The van der Waals surface area contributed by atoms with Crippen molar-refractivity contribution in [3.8, 4) is 0 Å². The van der Waals surface area contributed by atoms with E-state index in [1.807, 2.05) is 30.3 Å². The second kappa shape index (κ2) is 6.52. The standard InChI is InChI=1S/C14H20N2O2/c15-13(11-5-2-1-3-6-11)14(17)16-9-8-12-7-4-10-18-12/h1-3,5-6,12-13H,4,7-10,15H2,(H,16,17)/t12?,13-/m0/s1. The van der Waals surface area contributed by atoms with Crippen LogP contribution in [0.2, 0.25) is 0 Å². The highest BCUT2D eigenvalue weighted by molar-refractivity contribution is 5.82. The molecular weight excluding hydrogens is 228 g/mol. The van der Waals surface area contributed by atoms with Gasteiger partial charge in [0.05, 0.1) is 6.10 Å². The summed E-state index contributed by atoms with van der Waals surface area (Å²) in [5.74, 6) is -0.126. The Morgan fingerprint density at radius 2 is 2.22 bits per heavy atom. The summed E-state index contributed by atoms with van der Waals surface area (Å²) in [4.78, 5) is 11.8. The molecule has 1 unspecified atom stereocenters. The number of carbonyl (C=O) groups is 1. The zero-order valence-electron chi connectivity index (χ0n) is 10.5. The summed E-state index contributed by atoms with van der Waals surface area (Å²) < 4.78 is 5.50. The summed E-state index contributed by atoms with van der Waals surface area (Å²) >= 11 is 0.